The number of sulfonamides is 1. The Morgan fingerprint density at radius 3 is 2.21 bits per heavy atom. The number of nitrogens with one attached hydrogen (secondary N) is 1. The van der Waals surface area contributed by atoms with Crippen LogP contribution >= 0.6 is 0 Å². The molecule has 1 N–H and O–H groups in total. The molecule has 3 rings (SSSR count). The first-order valence-corrected chi connectivity index (χ1v) is 13.5. The fraction of sp³-hybridized carbons (Fsp3) is 0.500. The predicted molar refractivity (Wildman–Crippen MR) is 134 cm³/mol. The van der Waals surface area contributed by atoms with Gasteiger partial charge < -0.3 is 15.0 Å². The largest absolute Gasteiger partial charge is 0.494 e. The van der Waals surface area contributed by atoms with Gasteiger partial charge in [-0.3, -0.25) is 4.79 Å². The van der Waals surface area contributed by atoms with Gasteiger partial charge in [0, 0.05) is 25.6 Å². The van der Waals surface area contributed by atoms with E-state index in [1.54, 1.807) is 24.3 Å². The zero-order chi connectivity index (χ0) is 24.7. The second-order valence-corrected chi connectivity index (χ2v) is 10.8. The highest BCUT2D eigenvalue weighted by Crippen LogP contribution is 2.26. The molecule has 1 atom stereocenters. The molecule has 1 saturated heterocycles. The van der Waals surface area contributed by atoms with Crippen LogP contribution in [-0.2, 0) is 21.2 Å². The summed E-state index contributed by atoms with van der Waals surface area (Å²) in [6.07, 6.45) is 2.02. The van der Waals surface area contributed by atoms with E-state index < -0.39 is 10.0 Å². The van der Waals surface area contributed by atoms with Crippen LogP contribution in [0.15, 0.2) is 53.4 Å². The van der Waals surface area contributed by atoms with E-state index in [2.05, 4.69) is 41.4 Å². The fourth-order valence-electron chi connectivity index (χ4n) is 4.30. The van der Waals surface area contributed by atoms with E-state index in [0.717, 1.165) is 6.42 Å². The molecule has 7 nitrogen and oxygen atoms in total. The maximum Gasteiger partial charge on any atom is 0.243 e. The highest BCUT2D eigenvalue weighted by Gasteiger charge is 2.32. The molecule has 186 valence electrons. The first kappa shape index (κ1) is 26.2. The van der Waals surface area contributed by atoms with Gasteiger partial charge in [0.05, 0.1) is 17.5 Å². The maximum absolute atomic E-state index is 13.0. The lowest BCUT2D eigenvalue weighted by Crippen LogP contribution is -2.44. The van der Waals surface area contributed by atoms with Crippen LogP contribution in [0, 0.1) is 5.92 Å². The van der Waals surface area contributed by atoms with Crippen molar-refractivity contribution in [2.75, 3.05) is 40.3 Å². The lowest BCUT2D eigenvalue weighted by molar-refractivity contribution is -0.126. The van der Waals surface area contributed by atoms with Crippen molar-refractivity contribution in [3.05, 3.63) is 59.7 Å². The Hall–Kier alpha value is -2.42. The van der Waals surface area contributed by atoms with Crippen molar-refractivity contribution >= 4 is 15.9 Å². The van der Waals surface area contributed by atoms with E-state index >= 15 is 0 Å². The summed E-state index contributed by atoms with van der Waals surface area (Å²) in [5, 5.41) is 3.10. The first-order chi connectivity index (χ1) is 16.3. The number of likely N-dealkylation sites (N-methyl/N-ethyl adjacent to an activating group) is 1. The van der Waals surface area contributed by atoms with Gasteiger partial charge in [-0.05, 0) is 75.7 Å². The Morgan fingerprint density at radius 1 is 1.06 bits per heavy atom. The van der Waals surface area contributed by atoms with Crippen LogP contribution in [0.5, 0.6) is 5.75 Å². The third-order valence-corrected chi connectivity index (χ3v) is 8.38. The number of rotatable bonds is 10. The summed E-state index contributed by atoms with van der Waals surface area (Å²) in [5.41, 5.74) is 2.45. The minimum atomic E-state index is -3.58. The topological polar surface area (TPSA) is 79.0 Å². The third kappa shape index (κ3) is 6.37. The zero-order valence-electron chi connectivity index (χ0n) is 20.7. The second-order valence-electron chi connectivity index (χ2n) is 8.90. The molecule has 2 aromatic rings. The quantitative estimate of drug-likeness (QED) is 0.555. The molecule has 8 heteroatoms. The summed E-state index contributed by atoms with van der Waals surface area (Å²) in [7, 11) is 0.435. The molecule has 1 unspecified atom stereocenters. The van der Waals surface area contributed by atoms with Crippen molar-refractivity contribution in [1.82, 2.24) is 14.5 Å². The minimum absolute atomic E-state index is 0.00450. The molecule has 2 aromatic carbocycles. The van der Waals surface area contributed by atoms with Crippen molar-refractivity contribution in [2.45, 2.75) is 44.0 Å². The molecule has 1 fully saturated rings. The van der Waals surface area contributed by atoms with E-state index in [-0.39, 0.29) is 22.8 Å². The zero-order valence-corrected chi connectivity index (χ0v) is 21.5. The van der Waals surface area contributed by atoms with E-state index in [0.29, 0.717) is 44.8 Å². The Kier molecular flexibility index (Phi) is 9.10. The minimum Gasteiger partial charge on any atom is -0.494 e. The average Bonchev–Trinajstić information content (AvgIpc) is 2.85. The van der Waals surface area contributed by atoms with Gasteiger partial charge in [-0.2, -0.15) is 4.31 Å². The van der Waals surface area contributed by atoms with Gasteiger partial charge in [-0.15, -0.1) is 0 Å². The number of piperidine rings is 1. The number of carbonyl (C=O) groups excluding carboxylic acids is 1. The van der Waals surface area contributed by atoms with Gasteiger partial charge in [0.2, 0.25) is 15.9 Å². The highest BCUT2D eigenvalue weighted by atomic mass is 32.2. The third-order valence-electron chi connectivity index (χ3n) is 6.46. The summed E-state index contributed by atoms with van der Waals surface area (Å²) in [4.78, 5) is 15.2. The monoisotopic (exact) mass is 487 g/mol. The number of hydrogen-bond acceptors (Lipinski definition) is 5. The number of hydrogen-bond donors (Lipinski definition) is 1. The molecule has 1 heterocycles. The molecule has 1 aliphatic heterocycles. The average molecular weight is 488 g/mol. The molecule has 0 saturated carbocycles. The van der Waals surface area contributed by atoms with Crippen LogP contribution in [0.2, 0.25) is 0 Å². The maximum atomic E-state index is 13.0. The number of amides is 1. The van der Waals surface area contributed by atoms with E-state index in [1.165, 1.54) is 15.4 Å². The molecule has 1 amide bonds. The van der Waals surface area contributed by atoms with Crippen molar-refractivity contribution in [2.24, 2.45) is 5.92 Å². The van der Waals surface area contributed by atoms with E-state index in [4.69, 9.17) is 4.74 Å². The van der Waals surface area contributed by atoms with Gasteiger partial charge in [0.15, 0.2) is 0 Å². The normalized spacial score (nSPS) is 16.4. The van der Waals surface area contributed by atoms with Crippen LogP contribution in [0.1, 0.15) is 43.9 Å². The number of nitrogens with zero attached hydrogens (tertiary/aromatic N) is 2. The Bertz CT molecular complexity index is 1030. The highest BCUT2D eigenvalue weighted by molar-refractivity contribution is 7.89. The number of ether oxygens (including phenoxy) is 1. The molecule has 0 aromatic heterocycles. The summed E-state index contributed by atoms with van der Waals surface area (Å²) in [5.74, 6) is 0.460. The van der Waals surface area contributed by atoms with Gasteiger partial charge in [-0.1, -0.05) is 31.2 Å². The van der Waals surface area contributed by atoms with Crippen LogP contribution < -0.4 is 10.1 Å². The molecular formula is C26H37N3O4S. The van der Waals surface area contributed by atoms with Crippen LogP contribution in [-0.4, -0.2) is 63.9 Å². The van der Waals surface area contributed by atoms with Gasteiger partial charge in [-0.25, -0.2) is 8.42 Å². The summed E-state index contributed by atoms with van der Waals surface area (Å²) >= 11 is 0. The molecule has 0 radical (unpaired) electrons. The Morgan fingerprint density at radius 2 is 1.68 bits per heavy atom. The summed E-state index contributed by atoms with van der Waals surface area (Å²) in [6.45, 7) is 5.74. The van der Waals surface area contributed by atoms with Crippen molar-refractivity contribution in [3.63, 3.8) is 0 Å². The Balaban J connectivity index is 1.55. The summed E-state index contributed by atoms with van der Waals surface area (Å²) in [6, 6.07) is 15.1. The summed E-state index contributed by atoms with van der Waals surface area (Å²) < 4.78 is 32.9. The van der Waals surface area contributed by atoms with Crippen molar-refractivity contribution in [1.29, 1.82) is 0 Å². The molecule has 0 bridgehead atoms. The van der Waals surface area contributed by atoms with E-state index in [1.807, 2.05) is 21.0 Å². The number of benzene rings is 2. The Labute approximate surface area is 204 Å². The second kappa shape index (κ2) is 11.8. The lowest BCUT2D eigenvalue weighted by atomic mass is 9.96. The lowest BCUT2D eigenvalue weighted by Gasteiger charge is -2.31. The van der Waals surface area contributed by atoms with Crippen LogP contribution in [0.25, 0.3) is 0 Å². The van der Waals surface area contributed by atoms with Crippen LogP contribution in [0.3, 0.4) is 0 Å². The number of aryl methyl sites for hydroxylation is 1. The molecule has 34 heavy (non-hydrogen) atoms. The molecular weight excluding hydrogens is 450 g/mol. The standard InChI is InChI=1S/C26H37N3O4S/c1-5-20-7-9-21(10-8-20)25(28(3)4)19-27-26(30)22-15-17-29(18-16-22)34(31,32)24-13-11-23(12-14-24)33-6-2/h7-14,22,25H,5-6,15-19H2,1-4H3,(H,27,30). The van der Waals surface area contributed by atoms with Gasteiger partial charge in [0.25, 0.3) is 0 Å². The fourth-order valence-corrected chi connectivity index (χ4v) is 5.77. The van der Waals surface area contributed by atoms with Gasteiger partial charge in [0.1, 0.15) is 5.75 Å². The molecule has 1 aliphatic rings. The molecule has 0 spiro atoms. The first-order valence-electron chi connectivity index (χ1n) is 12.0. The SMILES string of the molecule is CCOc1ccc(S(=O)(=O)N2CCC(C(=O)NCC(c3ccc(CC)cc3)N(C)C)CC2)cc1. The predicted octanol–water partition coefficient (Wildman–Crippen LogP) is 3.47. The van der Waals surface area contributed by atoms with Crippen molar-refractivity contribution in [3.8, 4) is 5.75 Å². The van der Waals surface area contributed by atoms with Crippen molar-refractivity contribution < 1.29 is 17.9 Å². The number of carbonyl (C=O) groups is 1. The van der Waals surface area contributed by atoms with Crippen LogP contribution in [0.4, 0.5) is 0 Å². The smallest absolute Gasteiger partial charge is 0.243 e. The van der Waals surface area contributed by atoms with Gasteiger partial charge >= 0.3 is 0 Å². The molecule has 0 aliphatic carbocycles. The van der Waals surface area contributed by atoms with E-state index in [9.17, 15) is 13.2 Å².